The molecule has 2 N–H and O–H groups in total. The predicted molar refractivity (Wildman–Crippen MR) is 169 cm³/mol. The molecule has 2 unspecified atom stereocenters. The number of rotatable bonds is 10. The number of aliphatic hydroxyl groups excluding tert-OH is 1. The summed E-state index contributed by atoms with van der Waals surface area (Å²) in [4.78, 5) is 26.1. The Hall–Kier alpha value is -4.19. The molecule has 1 amide bonds. The predicted octanol–water partition coefficient (Wildman–Crippen LogP) is 6.13. The highest BCUT2D eigenvalue weighted by atomic mass is 32.2. The molecule has 0 fully saturated rings. The lowest BCUT2D eigenvalue weighted by Crippen LogP contribution is -2.48. The molecule has 0 spiro atoms. The fraction of sp³-hybridized carbons (Fsp3) is 0.333. The molecule has 10 nitrogen and oxygen atoms in total. The number of hydrogen-bond donors (Lipinski definition) is 2. The topological polar surface area (TPSA) is 141 Å². The molecule has 4 aromatic rings. The number of aryl methyl sites for hydroxylation is 1. The summed E-state index contributed by atoms with van der Waals surface area (Å²) in [6.45, 7) is 10.3. The van der Waals surface area contributed by atoms with Gasteiger partial charge in [-0.3, -0.25) is 13.3 Å². The lowest BCUT2D eigenvalue weighted by molar-refractivity contribution is -0.157. The van der Waals surface area contributed by atoms with Gasteiger partial charge in [0.1, 0.15) is 23.0 Å². The van der Waals surface area contributed by atoms with Crippen molar-refractivity contribution < 1.29 is 37.3 Å². The van der Waals surface area contributed by atoms with Crippen molar-refractivity contribution in [3.63, 3.8) is 0 Å². The zero-order valence-corrected chi connectivity index (χ0v) is 26.6. The highest BCUT2D eigenvalue weighted by Gasteiger charge is 2.34. The van der Waals surface area contributed by atoms with Gasteiger partial charge in [-0.25, -0.2) is 4.79 Å². The minimum Gasteiger partial charge on any atom is -0.755 e. The van der Waals surface area contributed by atoms with Crippen molar-refractivity contribution in [2.24, 2.45) is 5.92 Å². The van der Waals surface area contributed by atoms with E-state index in [0.29, 0.717) is 39.2 Å². The Morgan fingerprint density at radius 1 is 1.02 bits per heavy atom. The number of benzene rings is 3. The number of hydrogen-bond acceptors (Lipinski definition) is 8. The Kier molecular flexibility index (Phi) is 9.82. The second-order valence-electron chi connectivity index (χ2n) is 11.7. The number of furan rings is 1. The Bertz CT molecular complexity index is 1670. The average Bonchev–Trinajstić information content (AvgIpc) is 3.30. The van der Waals surface area contributed by atoms with E-state index in [1.807, 2.05) is 12.1 Å². The summed E-state index contributed by atoms with van der Waals surface area (Å²) in [5, 5.41) is 13.1. The Morgan fingerprint density at radius 3 is 2.11 bits per heavy atom. The number of anilines is 2. The number of ether oxygens (including phenoxy) is 2. The zero-order valence-electron chi connectivity index (χ0n) is 25.8. The van der Waals surface area contributed by atoms with Gasteiger partial charge in [-0.1, -0.05) is 38.1 Å². The van der Waals surface area contributed by atoms with Crippen molar-refractivity contribution in [1.82, 2.24) is 0 Å². The number of methoxy groups -OCH3 is 1. The molecule has 1 heterocycles. The van der Waals surface area contributed by atoms with Crippen molar-refractivity contribution in [1.29, 1.82) is 0 Å². The maximum Gasteiger partial charge on any atom is 0.330 e. The number of fused-ring (bicyclic) bond motifs is 1. The minimum absolute atomic E-state index is 0.138. The van der Waals surface area contributed by atoms with Crippen LogP contribution in [0, 0.1) is 12.8 Å². The molecule has 44 heavy (non-hydrogen) atoms. The van der Waals surface area contributed by atoms with E-state index >= 15 is 0 Å². The lowest BCUT2D eigenvalue weighted by Gasteiger charge is -2.36. The number of aliphatic hydroxyl groups is 1. The third-order valence-electron chi connectivity index (χ3n) is 7.00. The van der Waals surface area contributed by atoms with Crippen molar-refractivity contribution in [3.05, 3.63) is 77.6 Å². The SMILES string of the molecule is COc1c(CO)ccc2oc(C(=O)Nc3ccc(-c4ccc(N(C(C(=O)OC(C)(C)C)C(C)C)S(=O)[O-])cc4)cc3)c(C)c12. The van der Waals surface area contributed by atoms with E-state index in [4.69, 9.17) is 13.9 Å². The molecule has 3 aromatic carbocycles. The summed E-state index contributed by atoms with van der Waals surface area (Å²) >= 11 is -2.72. The van der Waals surface area contributed by atoms with Gasteiger partial charge in [-0.05, 0) is 81.1 Å². The Balaban J connectivity index is 1.53. The van der Waals surface area contributed by atoms with Crippen LogP contribution in [0.1, 0.15) is 56.3 Å². The molecule has 0 aliphatic rings. The van der Waals surface area contributed by atoms with E-state index in [0.717, 1.165) is 15.4 Å². The van der Waals surface area contributed by atoms with Crippen LogP contribution in [-0.2, 0) is 27.4 Å². The molecule has 0 bridgehead atoms. The molecule has 2 atom stereocenters. The molecule has 234 valence electrons. The van der Waals surface area contributed by atoms with Crippen LogP contribution in [0.4, 0.5) is 11.4 Å². The fourth-order valence-electron chi connectivity index (χ4n) is 5.00. The summed E-state index contributed by atoms with van der Waals surface area (Å²) in [6.07, 6.45) is 0. The Morgan fingerprint density at radius 2 is 1.61 bits per heavy atom. The molecule has 0 saturated carbocycles. The highest BCUT2D eigenvalue weighted by molar-refractivity contribution is 7.80. The standard InChI is InChI=1S/C33H38N2O8S/c1-19(2)28(32(38)43-33(4,5)6)35(44(39)40)25-15-10-22(11-16-25)21-8-13-24(14-9-21)34-31(37)29-20(3)27-26(42-29)17-12-23(18-36)30(27)41-7/h8-17,19,28,36H,18H2,1-7H3,(H,34,37)(H,39,40)/p-1. The van der Waals surface area contributed by atoms with Crippen LogP contribution < -0.4 is 14.4 Å². The van der Waals surface area contributed by atoms with Gasteiger partial charge in [-0.2, -0.15) is 0 Å². The minimum atomic E-state index is -2.72. The van der Waals surface area contributed by atoms with Crippen LogP contribution in [0.5, 0.6) is 5.75 Å². The molecule has 0 aliphatic heterocycles. The van der Waals surface area contributed by atoms with Crippen LogP contribution in [0.2, 0.25) is 0 Å². The summed E-state index contributed by atoms with van der Waals surface area (Å²) in [5.41, 5.74) is 3.42. The van der Waals surface area contributed by atoms with Crippen LogP contribution in [0.15, 0.2) is 65.1 Å². The molecule has 1 aromatic heterocycles. The largest absolute Gasteiger partial charge is 0.755 e. The molecule has 4 rings (SSSR count). The van der Waals surface area contributed by atoms with Gasteiger partial charge in [-0.15, -0.1) is 0 Å². The zero-order chi connectivity index (χ0) is 32.3. The lowest BCUT2D eigenvalue weighted by atomic mass is 10.0. The van der Waals surface area contributed by atoms with Gasteiger partial charge in [0, 0.05) is 33.8 Å². The summed E-state index contributed by atoms with van der Waals surface area (Å²) in [5.74, 6) is -0.785. The molecular weight excluding hydrogens is 584 g/mol. The quantitative estimate of drug-likeness (QED) is 0.159. The van der Waals surface area contributed by atoms with Gasteiger partial charge in [0.05, 0.1) is 19.1 Å². The maximum absolute atomic E-state index is 13.1. The fourth-order valence-corrected chi connectivity index (χ4v) is 5.81. The van der Waals surface area contributed by atoms with E-state index in [9.17, 15) is 23.5 Å². The Labute approximate surface area is 259 Å². The van der Waals surface area contributed by atoms with Gasteiger partial charge in [0.15, 0.2) is 5.76 Å². The van der Waals surface area contributed by atoms with Crippen LogP contribution >= 0.6 is 0 Å². The van der Waals surface area contributed by atoms with Crippen LogP contribution in [-0.4, -0.2) is 44.5 Å². The highest BCUT2D eigenvalue weighted by Crippen LogP contribution is 2.36. The van der Waals surface area contributed by atoms with E-state index in [1.54, 1.807) is 90.1 Å². The number of esters is 1. The molecule has 11 heteroatoms. The number of carbonyl (C=O) groups excluding carboxylic acids is 2. The molecule has 0 saturated heterocycles. The maximum atomic E-state index is 13.1. The van der Waals surface area contributed by atoms with E-state index in [1.165, 1.54) is 7.11 Å². The monoisotopic (exact) mass is 621 g/mol. The van der Waals surface area contributed by atoms with Gasteiger partial charge in [0.25, 0.3) is 5.91 Å². The number of nitrogens with one attached hydrogen (secondary N) is 1. The molecular formula is C33H37N2O8S-. The summed E-state index contributed by atoms with van der Waals surface area (Å²) < 4.78 is 42.4. The van der Waals surface area contributed by atoms with E-state index < -0.39 is 34.8 Å². The van der Waals surface area contributed by atoms with Gasteiger partial charge in [0.2, 0.25) is 0 Å². The third-order valence-corrected chi connectivity index (χ3v) is 7.76. The smallest absolute Gasteiger partial charge is 0.330 e. The molecule has 0 radical (unpaired) electrons. The van der Waals surface area contributed by atoms with Crippen molar-refractivity contribution in [2.45, 2.75) is 59.8 Å². The van der Waals surface area contributed by atoms with Crippen molar-refractivity contribution in [2.75, 3.05) is 16.7 Å². The first-order chi connectivity index (χ1) is 20.7. The number of nitrogens with zero attached hydrogens (tertiary/aromatic N) is 1. The van der Waals surface area contributed by atoms with Crippen LogP contribution in [0.25, 0.3) is 22.1 Å². The first kappa shape index (κ1) is 32.7. The first-order valence-electron chi connectivity index (χ1n) is 14.1. The second kappa shape index (κ2) is 13.2. The van der Waals surface area contributed by atoms with E-state index in [-0.39, 0.29) is 18.3 Å². The van der Waals surface area contributed by atoms with Crippen molar-refractivity contribution >= 4 is 45.5 Å². The van der Waals surface area contributed by atoms with Gasteiger partial charge < -0.3 is 28.9 Å². The third kappa shape index (κ3) is 6.96. The van der Waals surface area contributed by atoms with Gasteiger partial charge >= 0.3 is 5.97 Å². The average molecular weight is 622 g/mol. The second-order valence-corrected chi connectivity index (χ2v) is 12.5. The van der Waals surface area contributed by atoms with E-state index in [2.05, 4.69) is 5.32 Å². The normalized spacial score (nSPS) is 13.0. The first-order valence-corrected chi connectivity index (χ1v) is 15.1. The molecule has 0 aliphatic carbocycles. The number of carbonyl (C=O) groups is 2. The number of amides is 1. The summed E-state index contributed by atoms with van der Waals surface area (Å²) in [6, 6.07) is 16.3. The van der Waals surface area contributed by atoms with Crippen LogP contribution in [0.3, 0.4) is 0 Å². The van der Waals surface area contributed by atoms with Crippen molar-refractivity contribution in [3.8, 4) is 16.9 Å². The summed E-state index contributed by atoms with van der Waals surface area (Å²) in [7, 11) is 1.50.